The fourth-order valence-corrected chi connectivity index (χ4v) is 1.90. The number of aromatic nitrogens is 3. The van der Waals surface area contributed by atoms with Gasteiger partial charge in [0.25, 0.3) is 0 Å². The summed E-state index contributed by atoms with van der Waals surface area (Å²) in [4.78, 5) is 12.1. The van der Waals surface area contributed by atoms with Crippen molar-refractivity contribution >= 4 is 0 Å². The zero-order chi connectivity index (χ0) is 13.4. The number of H-pyrrole nitrogens is 1. The maximum absolute atomic E-state index is 5.55. The third-order valence-corrected chi connectivity index (χ3v) is 2.96. The molecular formula is C14H21N3O. The lowest BCUT2D eigenvalue weighted by Crippen LogP contribution is -2.22. The first-order chi connectivity index (χ1) is 8.29. The quantitative estimate of drug-likeness (QED) is 0.906. The highest BCUT2D eigenvalue weighted by molar-refractivity contribution is 5.12. The van der Waals surface area contributed by atoms with Gasteiger partial charge in [-0.05, 0) is 0 Å². The third-order valence-electron chi connectivity index (χ3n) is 2.96. The molecule has 4 heteroatoms. The van der Waals surface area contributed by atoms with E-state index in [-0.39, 0.29) is 10.8 Å². The standard InChI is InChI=1S/C14H21N3O/c1-13(2,3)12-17-10(9-18-12)8-14(4,5)11-15-6-7-16-11/h6-7,9H,8H2,1-5H3,(H,15,16). The maximum atomic E-state index is 5.55. The Morgan fingerprint density at radius 1 is 1.22 bits per heavy atom. The van der Waals surface area contributed by atoms with Crippen molar-refractivity contribution in [2.75, 3.05) is 0 Å². The first-order valence-corrected chi connectivity index (χ1v) is 6.24. The lowest BCUT2D eigenvalue weighted by Gasteiger charge is -2.20. The summed E-state index contributed by atoms with van der Waals surface area (Å²) in [5, 5.41) is 0. The van der Waals surface area contributed by atoms with E-state index in [0.29, 0.717) is 0 Å². The monoisotopic (exact) mass is 247 g/mol. The SMILES string of the molecule is CC(C)(C)c1nc(CC(C)(C)c2ncc[nH]2)co1. The zero-order valence-electron chi connectivity index (χ0n) is 11.7. The molecule has 0 aliphatic heterocycles. The summed E-state index contributed by atoms with van der Waals surface area (Å²) >= 11 is 0. The highest BCUT2D eigenvalue weighted by Gasteiger charge is 2.27. The summed E-state index contributed by atoms with van der Waals surface area (Å²) in [6.45, 7) is 10.6. The van der Waals surface area contributed by atoms with E-state index in [2.05, 4.69) is 49.6 Å². The second-order valence-electron chi connectivity index (χ2n) is 6.39. The molecule has 0 fully saturated rings. The van der Waals surface area contributed by atoms with Gasteiger partial charge in [0.2, 0.25) is 0 Å². The van der Waals surface area contributed by atoms with Crippen molar-refractivity contribution in [2.45, 2.75) is 51.9 Å². The second kappa shape index (κ2) is 4.26. The van der Waals surface area contributed by atoms with E-state index >= 15 is 0 Å². The summed E-state index contributed by atoms with van der Waals surface area (Å²) in [7, 11) is 0. The van der Waals surface area contributed by atoms with Gasteiger partial charge in [0.05, 0.1) is 5.69 Å². The van der Waals surface area contributed by atoms with E-state index in [4.69, 9.17) is 4.42 Å². The average molecular weight is 247 g/mol. The number of oxazole rings is 1. The van der Waals surface area contributed by atoms with Crippen LogP contribution >= 0.6 is 0 Å². The van der Waals surface area contributed by atoms with Crippen LogP contribution in [0.5, 0.6) is 0 Å². The summed E-state index contributed by atoms with van der Waals surface area (Å²) in [6, 6.07) is 0. The molecule has 0 saturated heterocycles. The normalized spacial score (nSPS) is 12.9. The first-order valence-electron chi connectivity index (χ1n) is 6.24. The van der Waals surface area contributed by atoms with E-state index in [0.717, 1.165) is 23.8 Å². The first kappa shape index (κ1) is 12.9. The van der Waals surface area contributed by atoms with Crippen LogP contribution < -0.4 is 0 Å². The van der Waals surface area contributed by atoms with Crippen LogP contribution in [0.2, 0.25) is 0 Å². The van der Waals surface area contributed by atoms with Gasteiger partial charge >= 0.3 is 0 Å². The van der Waals surface area contributed by atoms with Gasteiger partial charge in [-0.1, -0.05) is 34.6 Å². The molecule has 0 aliphatic carbocycles. The predicted octanol–water partition coefficient (Wildman–Crippen LogP) is 3.22. The van der Waals surface area contributed by atoms with Crippen LogP contribution in [0.15, 0.2) is 23.1 Å². The number of nitrogens with zero attached hydrogens (tertiary/aromatic N) is 2. The summed E-state index contributed by atoms with van der Waals surface area (Å²) < 4.78 is 5.55. The molecule has 0 radical (unpaired) electrons. The smallest absolute Gasteiger partial charge is 0.199 e. The zero-order valence-corrected chi connectivity index (χ0v) is 11.7. The van der Waals surface area contributed by atoms with E-state index in [9.17, 15) is 0 Å². The number of hydrogen-bond acceptors (Lipinski definition) is 3. The largest absolute Gasteiger partial charge is 0.448 e. The Morgan fingerprint density at radius 3 is 2.44 bits per heavy atom. The van der Waals surface area contributed by atoms with E-state index in [1.807, 2.05) is 6.20 Å². The van der Waals surface area contributed by atoms with E-state index in [1.165, 1.54) is 0 Å². The Bertz CT molecular complexity index is 503. The maximum Gasteiger partial charge on any atom is 0.199 e. The molecule has 0 amide bonds. The highest BCUT2D eigenvalue weighted by Crippen LogP contribution is 2.27. The van der Waals surface area contributed by atoms with Gasteiger partial charge in [-0.25, -0.2) is 9.97 Å². The number of nitrogens with one attached hydrogen (secondary N) is 1. The van der Waals surface area contributed by atoms with Crippen molar-refractivity contribution in [2.24, 2.45) is 0 Å². The van der Waals surface area contributed by atoms with Gasteiger partial charge in [0, 0.05) is 29.6 Å². The fourth-order valence-electron chi connectivity index (χ4n) is 1.90. The minimum atomic E-state index is -0.0739. The number of hydrogen-bond donors (Lipinski definition) is 1. The molecule has 0 saturated carbocycles. The molecule has 0 bridgehead atoms. The van der Waals surface area contributed by atoms with Crippen LogP contribution in [-0.2, 0) is 17.3 Å². The van der Waals surface area contributed by atoms with Crippen molar-refractivity contribution in [3.8, 4) is 0 Å². The topological polar surface area (TPSA) is 54.7 Å². The van der Waals surface area contributed by atoms with Gasteiger partial charge in [0.1, 0.15) is 12.1 Å². The lowest BCUT2D eigenvalue weighted by molar-refractivity contribution is 0.392. The van der Waals surface area contributed by atoms with Gasteiger partial charge in [-0.15, -0.1) is 0 Å². The molecule has 2 aromatic rings. The number of aromatic amines is 1. The molecule has 18 heavy (non-hydrogen) atoms. The molecule has 0 aromatic carbocycles. The summed E-state index contributed by atoms with van der Waals surface area (Å²) in [5.41, 5.74) is 0.851. The van der Waals surface area contributed by atoms with Crippen molar-refractivity contribution in [1.82, 2.24) is 15.0 Å². The molecule has 2 rings (SSSR count). The van der Waals surface area contributed by atoms with Crippen LogP contribution in [0.25, 0.3) is 0 Å². The minimum absolute atomic E-state index is 0.0485. The molecular weight excluding hydrogens is 226 g/mol. The fraction of sp³-hybridized carbons (Fsp3) is 0.571. The van der Waals surface area contributed by atoms with Crippen molar-refractivity contribution in [3.05, 3.63) is 36.1 Å². The van der Waals surface area contributed by atoms with E-state index in [1.54, 1.807) is 12.5 Å². The molecule has 98 valence electrons. The van der Waals surface area contributed by atoms with Gasteiger partial charge in [-0.3, -0.25) is 0 Å². The van der Waals surface area contributed by atoms with Crippen LogP contribution in [0.1, 0.15) is 52.0 Å². The molecule has 0 spiro atoms. The molecule has 0 aliphatic rings. The van der Waals surface area contributed by atoms with Crippen LogP contribution in [0.4, 0.5) is 0 Å². The number of rotatable bonds is 3. The van der Waals surface area contributed by atoms with Gasteiger partial charge < -0.3 is 9.40 Å². The third kappa shape index (κ3) is 2.63. The van der Waals surface area contributed by atoms with Crippen molar-refractivity contribution in [1.29, 1.82) is 0 Å². The average Bonchev–Trinajstić information content (AvgIpc) is 2.83. The van der Waals surface area contributed by atoms with Gasteiger partial charge in [-0.2, -0.15) is 0 Å². The molecule has 0 atom stereocenters. The van der Waals surface area contributed by atoms with Crippen LogP contribution in [0.3, 0.4) is 0 Å². The van der Waals surface area contributed by atoms with Gasteiger partial charge in [0.15, 0.2) is 5.89 Å². The second-order valence-corrected chi connectivity index (χ2v) is 6.39. The highest BCUT2D eigenvalue weighted by atomic mass is 16.3. The Labute approximate surface area is 108 Å². The molecule has 1 N–H and O–H groups in total. The summed E-state index contributed by atoms with van der Waals surface area (Å²) in [6.07, 6.45) is 6.19. The van der Waals surface area contributed by atoms with Crippen molar-refractivity contribution in [3.63, 3.8) is 0 Å². The lowest BCUT2D eigenvalue weighted by atomic mass is 9.87. The van der Waals surface area contributed by atoms with Crippen LogP contribution in [0, 0.1) is 0 Å². The van der Waals surface area contributed by atoms with Crippen molar-refractivity contribution < 1.29 is 4.42 Å². The molecule has 4 nitrogen and oxygen atoms in total. The summed E-state index contributed by atoms with van der Waals surface area (Å²) in [5.74, 6) is 1.76. The van der Waals surface area contributed by atoms with Crippen LogP contribution in [-0.4, -0.2) is 15.0 Å². The molecule has 0 unspecified atom stereocenters. The minimum Gasteiger partial charge on any atom is -0.448 e. The molecule has 2 heterocycles. The molecule has 2 aromatic heterocycles. The Morgan fingerprint density at radius 2 is 1.94 bits per heavy atom. The Hall–Kier alpha value is -1.58. The van der Waals surface area contributed by atoms with E-state index < -0.39 is 0 Å². The Balaban J connectivity index is 2.17. The predicted molar refractivity (Wildman–Crippen MR) is 70.5 cm³/mol. The number of imidazole rings is 1. The Kier molecular flexibility index (Phi) is 3.05.